The predicted octanol–water partition coefficient (Wildman–Crippen LogP) is 0.593. The number of aliphatic hydroxyl groups is 1. The third-order valence-corrected chi connectivity index (χ3v) is 3.97. The van der Waals surface area contributed by atoms with Crippen molar-refractivity contribution in [3.63, 3.8) is 0 Å². The number of hydrogen-bond donors (Lipinski definition) is 2. The number of aliphatic hydroxyl groups excluding tert-OH is 1. The second-order valence-electron chi connectivity index (χ2n) is 4.14. The number of ether oxygens (including phenoxy) is 1. The first-order chi connectivity index (χ1) is 9.48. The lowest BCUT2D eigenvalue weighted by Gasteiger charge is -2.16. The molecule has 0 spiro atoms. The summed E-state index contributed by atoms with van der Waals surface area (Å²) in [4.78, 5) is 11.2. The molecular formula is C13H19NO5S. The van der Waals surface area contributed by atoms with Gasteiger partial charge in [0.05, 0.1) is 31.4 Å². The second-order valence-corrected chi connectivity index (χ2v) is 6.01. The van der Waals surface area contributed by atoms with Crippen molar-refractivity contribution in [1.82, 2.24) is 4.72 Å². The molecule has 0 saturated carbocycles. The smallest absolute Gasteiger partial charge is 0.306 e. The van der Waals surface area contributed by atoms with Crippen molar-refractivity contribution in [3.05, 3.63) is 35.9 Å². The van der Waals surface area contributed by atoms with Crippen molar-refractivity contribution in [3.8, 4) is 0 Å². The van der Waals surface area contributed by atoms with Crippen molar-refractivity contribution >= 4 is 16.0 Å². The molecule has 1 aromatic carbocycles. The Labute approximate surface area is 118 Å². The molecule has 7 heteroatoms. The summed E-state index contributed by atoms with van der Waals surface area (Å²) in [7, 11) is -3.67. The molecule has 1 atom stereocenters. The van der Waals surface area contributed by atoms with Gasteiger partial charge in [-0.25, -0.2) is 13.1 Å². The van der Waals surface area contributed by atoms with Crippen LogP contribution in [0, 0.1) is 0 Å². The van der Waals surface area contributed by atoms with Gasteiger partial charge in [0, 0.05) is 0 Å². The Morgan fingerprint density at radius 2 is 2.00 bits per heavy atom. The van der Waals surface area contributed by atoms with E-state index in [2.05, 4.69) is 9.46 Å². The first-order valence-electron chi connectivity index (χ1n) is 6.30. The number of rotatable bonds is 8. The van der Waals surface area contributed by atoms with Gasteiger partial charge in [-0.15, -0.1) is 0 Å². The zero-order valence-corrected chi connectivity index (χ0v) is 12.1. The number of carbonyl (C=O) groups is 1. The zero-order chi connectivity index (χ0) is 15.0. The molecule has 0 aromatic heterocycles. The van der Waals surface area contributed by atoms with Crippen molar-refractivity contribution in [1.29, 1.82) is 0 Å². The van der Waals surface area contributed by atoms with Gasteiger partial charge in [-0.05, 0) is 12.5 Å². The van der Waals surface area contributed by atoms with E-state index in [1.165, 1.54) is 0 Å². The second kappa shape index (κ2) is 7.98. The minimum Gasteiger partial charge on any atom is -0.466 e. The largest absolute Gasteiger partial charge is 0.466 e. The minimum atomic E-state index is -3.67. The van der Waals surface area contributed by atoms with E-state index in [0.29, 0.717) is 5.56 Å². The minimum absolute atomic E-state index is 0.212. The molecule has 0 fully saturated rings. The van der Waals surface area contributed by atoms with E-state index in [1.807, 2.05) is 0 Å². The molecule has 0 heterocycles. The van der Waals surface area contributed by atoms with Gasteiger partial charge >= 0.3 is 5.97 Å². The van der Waals surface area contributed by atoms with Gasteiger partial charge in [-0.2, -0.15) is 0 Å². The average molecular weight is 301 g/mol. The highest BCUT2D eigenvalue weighted by Crippen LogP contribution is 2.13. The monoisotopic (exact) mass is 301 g/mol. The maximum Gasteiger partial charge on any atom is 0.306 e. The van der Waals surface area contributed by atoms with E-state index in [1.54, 1.807) is 37.3 Å². The summed E-state index contributed by atoms with van der Waals surface area (Å²) in [5, 5.41) is 9.29. The van der Waals surface area contributed by atoms with E-state index in [4.69, 9.17) is 0 Å². The fraction of sp³-hybridized carbons (Fsp3) is 0.462. The van der Waals surface area contributed by atoms with E-state index in [0.717, 1.165) is 0 Å². The summed E-state index contributed by atoms with van der Waals surface area (Å²) in [6.45, 7) is 1.51. The molecule has 0 saturated heterocycles. The van der Waals surface area contributed by atoms with Crippen LogP contribution in [-0.4, -0.2) is 38.5 Å². The highest BCUT2D eigenvalue weighted by molar-refractivity contribution is 7.89. The van der Waals surface area contributed by atoms with Crippen molar-refractivity contribution in [2.75, 3.05) is 19.0 Å². The van der Waals surface area contributed by atoms with Gasteiger partial charge in [-0.1, -0.05) is 30.3 Å². The third kappa shape index (κ3) is 5.68. The molecule has 0 unspecified atom stereocenters. The Kier molecular flexibility index (Phi) is 6.63. The quantitative estimate of drug-likeness (QED) is 0.686. The summed E-state index contributed by atoms with van der Waals surface area (Å²) in [6, 6.07) is 8.02. The van der Waals surface area contributed by atoms with Crippen LogP contribution >= 0.6 is 0 Å². The van der Waals surface area contributed by atoms with Crippen LogP contribution in [0.25, 0.3) is 0 Å². The van der Waals surface area contributed by atoms with Crippen LogP contribution in [0.2, 0.25) is 0 Å². The van der Waals surface area contributed by atoms with Gasteiger partial charge in [-0.3, -0.25) is 4.79 Å². The Hall–Kier alpha value is -1.44. The lowest BCUT2D eigenvalue weighted by Crippen LogP contribution is -2.33. The summed E-state index contributed by atoms with van der Waals surface area (Å²) in [5.41, 5.74) is 0.662. The topological polar surface area (TPSA) is 92.7 Å². The number of sulfonamides is 1. The van der Waals surface area contributed by atoms with Crippen LogP contribution in [0.4, 0.5) is 0 Å². The van der Waals surface area contributed by atoms with Gasteiger partial charge in [0.2, 0.25) is 10.0 Å². The van der Waals surface area contributed by atoms with E-state index < -0.39 is 22.0 Å². The Morgan fingerprint density at radius 3 is 2.55 bits per heavy atom. The van der Waals surface area contributed by atoms with Crippen LogP contribution in [0.3, 0.4) is 0 Å². The van der Waals surface area contributed by atoms with Crippen molar-refractivity contribution < 1.29 is 23.1 Å². The number of nitrogens with one attached hydrogen (secondary N) is 1. The van der Waals surface area contributed by atoms with Crippen molar-refractivity contribution in [2.24, 2.45) is 0 Å². The first kappa shape index (κ1) is 16.6. The van der Waals surface area contributed by atoms with Gasteiger partial charge < -0.3 is 9.84 Å². The molecule has 112 valence electrons. The Bertz CT molecular complexity index is 515. The van der Waals surface area contributed by atoms with Crippen molar-refractivity contribution in [2.45, 2.75) is 19.4 Å². The summed E-state index contributed by atoms with van der Waals surface area (Å²) in [6.07, 6.45) is -0.212. The summed E-state index contributed by atoms with van der Waals surface area (Å²) < 4.78 is 30.7. The molecule has 6 nitrogen and oxygen atoms in total. The van der Waals surface area contributed by atoms with Gasteiger partial charge in [0.25, 0.3) is 0 Å². The Balaban J connectivity index is 2.62. The zero-order valence-electron chi connectivity index (χ0n) is 11.3. The van der Waals surface area contributed by atoms with Gasteiger partial charge in [0.1, 0.15) is 0 Å². The molecule has 0 bridgehead atoms. The average Bonchev–Trinajstić information content (AvgIpc) is 2.44. The standard InChI is InChI=1S/C13H19NO5S/c1-2-19-13(16)8-9-20(17,18)14-12(10-15)11-6-4-3-5-7-11/h3-7,12,14-15H,2,8-10H2,1H3/t12-/m0/s1. The molecule has 1 rings (SSSR count). The van der Waals surface area contributed by atoms with Crippen LogP contribution in [0.1, 0.15) is 24.9 Å². The van der Waals surface area contributed by atoms with Crippen LogP contribution in [0.15, 0.2) is 30.3 Å². The first-order valence-corrected chi connectivity index (χ1v) is 7.95. The molecule has 2 N–H and O–H groups in total. The molecule has 0 aliphatic carbocycles. The normalized spacial score (nSPS) is 12.9. The fourth-order valence-corrected chi connectivity index (χ4v) is 2.82. The lowest BCUT2D eigenvalue weighted by molar-refractivity contribution is -0.142. The van der Waals surface area contributed by atoms with Crippen LogP contribution in [0.5, 0.6) is 0 Å². The number of esters is 1. The lowest BCUT2D eigenvalue weighted by atomic mass is 10.1. The molecule has 20 heavy (non-hydrogen) atoms. The summed E-state index contributed by atoms with van der Waals surface area (Å²) in [5.74, 6) is -0.923. The molecule has 0 radical (unpaired) electrons. The number of hydrogen-bond acceptors (Lipinski definition) is 5. The highest BCUT2D eigenvalue weighted by atomic mass is 32.2. The third-order valence-electron chi connectivity index (χ3n) is 2.59. The maximum atomic E-state index is 11.9. The Morgan fingerprint density at radius 1 is 1.35 bits per heavy atom. The fourth-order valence-electron chi connectivity index (χ4n) is 1.62. The maximum absolute atomic E-state index is 11.9. The SMILES string of the molecule is CCOC(=O)CCS(=O)(=O)N[C@@H](CO)c1ccccc1. The molecule has 1 aromatic rings. The van der Waals surface area contributed by atoms with Crippen LogP contribution in [-0.2, 0) is 19.6 Å². The summed E-state index contributed by atoms with van der Waals surface area (Å²) >= 11 is 0. The number of carbonyl (C=O) groups excluding carboxylic acids is 1. The highest BCUT2D eigenvalue weighted by Gasteiger charge is 2.20. The molecular weight excluding hydrogens is 282 g/mol. The molecule has 0 aliphatic rings. The molecule has 0 amide bonds. The van der Waals surface area contributed by atoms with Gasteiger partial charge in [0.15, 0.2) is 0 Å². The molecule has 0 aliphatic heterocycles. The van der Waals surface area contributed by atoms with Crippen LogP contribution < -0.4 is 4.72 Å². The van der Waals surface area contributed by atoms with E-state index in [-0.39, 0.29) is 25.4 Å². The van der Waals surface area contributed by atoms with E-state index >= 15 is 0 Å². The van der Waals surface area contributed by atoms with E-state index in [9.17, 15) is 18.3 Å². The number of benzene rings is 1. The predicted molar refractivity (Wildman–Crippen MR) is 74.4 cm³/mol.